The fourth-order valence-corrected chi connectivity index (χ4v) is 2.30. The lowest BCUT2D eigenvalue weighted by Gasteiger charge is -2.06. The van der Waals surface area contributed by atoms with Crippen molar-refractivity contribution in [3.8, 4) is 0 Å². The molecule has 0 fully saturated rings. The van der Waals surface area contributed by atoms with Crippen LogP contribution in [-0.4, -0.2) is 15.5 Å². The summed E-state index contributed by atoms with van der Waals surface area (Å²) >= 11 is 3.39. The minimum Gasteiger partial charge on any atom is -0.345 e. The molecule has 5 heteroatoms. The zero-order chi connectivity index (χ0) is 13.1. The van der Waals surface area contributed by atoms with Gasteiger partial charge in [0.05, 0.1) is 6.54 Å². The first kappa shape index (κ1) is 12.8. The molecule has 1 aromatic carbocycles. The molecule has 0 aliphatic heterocycles. The topological polar surface area (TPSA) is 46.9 Å². The van der Waals surface area contributed by atoms with E-state index in [-0.39, 0.29) is 5.91 Å². The summed E-state index contributed by atoms with van der Waals surface area (Å²) in [6.45, 7) is 2.38. The summed E-state index contributed by atoms with van der Waals surface area (Å²) < 4.78 is 2.79. The number of benzene rings is 1. The number of hydrogen-bond acceptors (Lipinski definition) is 2. The molecular formula is C13H14BrN3O. The Kier molecular flexibility index (Phi) is 3.81. The lowest BCUT2D eigenvalue weighted by molar-refractivity contribution is 0.0949. The summed E-state index contributed by atoms with van der Waals surface area (Å²) in [6.07, 6.45) is 3.56. The van der Waals surface area contributed by atoms with Gasteiger partial charge in [-0.3, -0.25) is 4.79 Å². The van der Waals surface area contributed by atoms with Crippen LogP contribution in [0.5, 0.6) is 0 Å². The lowest BCUT2D eigenvalue weighted by Crippen LogP contribution is -2.24. The fraction of sp³-hybridized carbons (Fsp3) is 0.231. The molecule has 0 spiro atoms. The van der Waals surface area contributed by atoms with E-state index < -0.39 is 0 Å². The van der Waals surface area contributed by atoms with Gasteiger partial charge in [0.1, 0.15) is 5.82 Å². The van der Waals surface area contributed by atoms with E-state index in [1.807, 2.05) is 36.9 Å². The molecule has 1 amide bonds. The quantitative estimate of drug-likeness (QED) is 0.946. The van der Waals surface area contributed by atoms with Crippen molar-refractivity contribution in [3.05, 3.63) is 52.0 Å². The van der Waals surface area contributed by atoms with Gasteiger partial charge in [0.15, 0.2) is 0 Å². The average molecular weight is 308 g/mol. The molecular weight excluding hydrogens is 294 g/mol. The van der Waals surface area contributed by atoms with Gasteiger partial charge in [0, 0.05) is 29.5 Å². The van der Waals surface area contributed by atoms with E-state index in [4.69, 9.17) is 0 Å². The number of aryl methyl sites for hydroxylation is 2. The van der Waals surface area contributed by atoms with Gasteiger partial charge >= 0.3 is 0 Å². The van der Waals surface area contributed by atoms with E-state index in [2.05, 4.69) is 26.2 Å². The summed E-state index contributed by atoms with van der Waals surface area (Å²) in [6, 6.07) is 5.63. The third-order valence-electron chi connectivity index (χ3n) is 2.63. The molecule has 0 saturated heterocycles. The van der Waals surface area contributed by atoms with Crippen LogP contribution in [0.1, 0.15) is 21.7 Å². The Balaban J connectivity index is 2.06. The summed E-state index contributed by atoms with van der Waals surface area (Å²) in [7, 11) is 1.90. The number of imidazole rings is 1. The Morgan fingerprint density at radius 1 is 1.44 bits per heavy atom. The second-order valence-corrected chi connectivity index (χ2v) is 5.07. The van der Waals surface area contributed by atoms with E-state index >= 15 is 0 Å². The average Bonchev–Trinajstić information content (AvgIpc) is 2.70. The normalized spacial score (nSPS) is 10.4. The molecule has 4 nitrogen and oxygen atoms in total. The number of aromatic nitrogens is 2. The minimum atomic E-state index is -0.0950. The van der Waals surface area contributed by atoms with Crippen molar-refractivity contribution in [2.24, 2.45) is 7.05 Å². The number of carbonyl (C=O) groups is 1. The molecule has 0 unspecified atom stereocenters. The molecule has 0 atom stereocenters. The summed E-state index contributed by atoms with van der Waals surface area (Å²) in [5.41, 5.74) is 1.70. The molecule has 18 heavy (non-hydrogen) atoms. The Hall–Kier alpha value is -1.62. The van der Waals surface area contributed by atoms with E-state index in [1.165, 1.54) is 0 Å². The smallest absolute Gasteiger partial charge is 0.251 e. The number of halogens is 1. The fourth-order valence-electron chi connectivity index (χ4n) is 1.70. The third kappa shape index (κ3) is 2.98. The van der Waals surface area contributed by atoms with Crippen LogP contribution >= 0.6 is 15.9 Å². The largest absolute Gasteiger partial charge is 0.345 e. The van der Waals surface area contributed by atoms with Crippen LogP contribution in [0.15, 0.2) is 35.1 Å². The molecule has 2 aromatic rings. The maximum Gasteiger partial charge on any atom is 0.251 e. The Bertz CT molecular complexity index is 557. The van der Waals surface area contributed by atoms with Crippen LogP contribution < -0.4 is 5.32 Å². The highest BCUT2D eigenvalue weighted by Crippen LogP contribution is 2.15. The van der Waals surface area contributed by atoms with Crippen LogP contribution in [0.2, 0.25) is 0 Å². The van der Waals surface area contributed by atoms with Crippen LogP contribution in [0.25, 0.3) is 0 Å². The number of rotatable bonds is 3. The Morgan fingerprint density at radius 3 is 2.83 bits per heavy atom. The standard InChI is InChI=1S/C13H14BrN3O/c1-9-5-10(7-11(14)6-9)13(18)16-8-12-15-3-4-17(12)2/h3-7H,8H2,1-2H3,(H,16,18). The molecule has 0 aliphatic rings. The predicted octanol–water partition coefficient (Wildman–Crippen LogP) is 2.42. The second kappa shape index (κ2) is 5.35. The van der Waals surface area contributed by atoms with Crippen molar-refractivity contribution in [2.45, 2.75) is 13.5 Å². The molecule has 2 rings (SSSR count). The first-order chi connectivity index (χ1) is 8.56. The first-order valence-electron chi connectivity index (χ1n) is 5.58. The van der Waals surface area contributed by atoms with Gasteiger partial charge < -0.3 is 9.88 Å². The molecule has 0 aliphatic carbocycles. The van der Waals surface area contributed by atoms with Gasteiger partial charge in [-0.2, -0.15) is 0 Å². The summed E-state index contributed by atoms with van der Waals surface area (Å²) in [5.74, 6) is 0.734. The highest BCUT2D eigenvalue weighted by Gasteiger charge is 2.08. The number of hydrogen-bond donors (Lipinski definition) is 1. The lowest BCUT2D eigenvalue weighted by atomic mass is 10.1. The van der Waals surface area contributed by atoms with Gasteiger partial charge in [0.2, 0.25) is 0 Å². The predicted molar refractivity (Wildman–Crippen MR) is 73.3 cm³/mol. The van der Waals surface area contributed by atoms with Crippen molar-refractivity contribution in [3.63, 3.8) is 0 Å². The first-order valence-corrected chi connectivity index (χ1v) is 6.37. The third-order valence-corrected chi connectivity index (χ3v) is 3.09. The highest BCUT2D eigenvalue weighted by molar-refractivity contribution is 9.10. The van der Waals surface area contributed by atoms with Gasteiger partial charge in [-0.1, -0.05) is 15.9 Å². The van der Waals surface area contributed by atoms with Crippen LogP contribution in [-0.2, 0) is 13.6 Å². The molecule has 1 aromatic heterocycles. The molecule has 0 bridgehead atoms. The Morgan fingerprint density at radius 2 is 2.22 bits per heavy atom. The maximum atomic E-state index is 12.0. The summed E-state index contributed by atoms with van der Waals surface area (Å²) in [5, 5.41) is 2.85. The zero-order valence-corrected chi connectivity index (χ0v) is 11.9. The SMILES string of the molecule is Cc1cc(Br)cc(C(=O)NCc2nccn2C)c1. The maximum absolute atomic E-state index is 12.0. The van der Waals surface area contributed by atoms with Gasteiger partial charge in [0.25, 0.3) is 5.91 Å². The van der Waals surface area contributed by atoms with Gasteiger partial charge in [-0.05, 0) is 30.7 Å². The molecule has 1 heterocycles. The van der Waals surface area contributed by atoms with E-state index in [9.17, 15) is 4.79 Å². The number of carbonyl (C=O) groups excluding carboxylic acids is 1. The monoisotopic (exact) mass is 307 g/mol. The van der Waals surface area contributed by atoms with E-state index in [0.717, 1.165) is 15.9 Å². The number of nitrogens with one attached hydrogen (secondary N) is 1. The summed E-state index contributed by atoms with van der Waals surface area (Å²) in [4.78, 5) is 16.1. The second-order valence-electron chi connectivity index (χ2n) is 4.15. The van der Waals surface area contributed by atoms with Crippen molar-refractivity contribution in [1.29, 1.82) is 0 Å². The van der Waals surface area contributed by atoms with E-state index in [0.29, 0.717) is 12.1 Å². The van der Waals surface area contributed by atoms with Crippen LogP contribution in [0, 0.1) is 6.92 Å². The van der Waals surface area contributed by atoms with Gasteiger partial charge in [-0.15, -0.1) is 0 Å². The van der Waals surface area contributed by atoms with Crippen molar-refractivity contribution < 1.29 is 4.79 Å². The molecule has 1 N–H and O–H groups in total. The van der Waals surface area contributed by atoms with Crippen molar-refractivity contribution in [2.75, 3.05) is 0 Å². The van der Waals surface area contributed by atoms with Crippen molar-refractivity contribution in [1.82, 2.24) is 14.9 Å². The zero-order valence-electron chi connectivity index (χ0n) is 10.3. The van der Waals surface area contributed by atoms with E-state index in [1.54, 1.807) is 12.3 Å². The Labute approximate surface area is 114 Å². The van der Waals surface area contributed by atoms with Crippen LogP contribution in [0.3, 0.4) is 0 Å². The number of amides is 1. The number of nitrogens with zero attached hydrogens (tertiary/aromatic N) is 2. The molecule has 0 saturated carbocycles. The molecule has 94 valence electrons. The van der Waals surface area contributed by atoms with Gasteiger partial charge in [-0.25, -0.2) is 4.98 Å². The minimum absolute atomic E-state index is 0.0950. The van der Waals surface area contributed by atoms with Crippen LogP contribution in [0.4, 0.5) is 0 Å². The molecule has 0 radical (unpaired) electrons. The highest BCUT2D eigenvalue weighted by atomic mass is 79.9. The van der Waals surface area contributed by atoms with Crippen molar-refractivity contribution >= 4 is 21.8 Å².